The van der Waals surface area contributed by atoms with Crippen molar-refractivity contribution >= 4 is 79.8 Å². The van der Waals surface area contributed by atoms with E-state index in [0.29, 0.717) is 49.7 Å². The summed E-state index contributed by atoms with van der Waals surface area (Å²) in [4.78, 5) is 95.4. The van der Waals surface area contributed by atoms with Crippen molar-refractivity contribution in [2.45, 2.75) is 225 Å². The van der Waals surface area contributed by atoms with Crippen LogP contribution in [0.4, 0.5) is 0 Å². The molecule has 16 heteroatoms. The second-order valence-electron chi connectivity index (χ2n) is 22.1. The zero-order chi connectivity index (χ0) is 66.0. The third kappa shape index (κ3) is 50.9. The van der Waals surface area contributed by atoms with E-state index in [4.69, 9.17) is 14.2 Å². The first-order valence-corrected chi connectivity index (χ1v) is 32.2. The smallest absolute Gasteiger partial charge is 0.329 e. The van der Waals surface area contributed by atoms with E-state index in [9.17, 15) is 38.4 Å². The van der Waals surface area contributed by atoms with Gasteiger partial charge in [0.2, 0.25) is 0 Å². The first-order valence-electron chi connectivity index (χ1n) is 30.0. The van der Waals surface area contributed by atoms with Crippen molar-refractivity contribution in [2.24, 2.45) is 41.4 Å². The maximum absolute atomic E-state index is 12.8. The van der Waals surface area contributed by atoms with E-state index in [1.807, 2.05) is 88.2 Å². The van der Waals surface area contributed by atoms with Gasteiger partial charge in [-0.15, -0.1) is 0 Å². The molecule has 1 amide bonds. The van der Waals surface area contributed by atoms with Gasteiger partial charge in [0.05, 0.1) is 5.92 Å². The molecule has 0 bridgehead atoms. The van der Waals surface area contributed by atoms with E-state index < -0.39 is 36.7 Å². The van der Waals surface area contributed by atoms with Gasteiger partial charge in [-0.2, -0.15) is 0 Å². The second-order valence-corrected chi connectivity index (χ2v) is 23.2. The van der Waals surface area contributed by atoms with E-state index in [1.54, 1.807) is 13.8 Å². The van der Waals surface area contributed by atoms with Crippen molar-refractivity contribution < 1.29 is 57.3 Å². The molecule has 14 nitrogen and oxygen atoms in total. The molecule has 482 valence electrons. The zero-order valence-corrected chi connectivity index (χ0v) is 59.6. The molecule has 0 aliphatic rings. The molecule has 0 saturated carbocycles. The van der Waals surface area contributed by atoms with Crippen molar-refractivity contribution in [1.29, 1.82) is 0 Å². The largest absolute Gasteiger partial charge is 0.455 e. The number of carbonyl (C=O) groups is 8. The second kappa shape index (κ2) is 57.0. The lowest BCUT2D eigenvalue weighted by Crippen LogP contribution is -2.47. The summed E-state index contributed by atoms with van der Waals surface area (Å²) in [5.41, 5.74) is 5.31. The molecular weight excluding hydrogens is 1180 g/mol. The molecule has 7 unspecified atom stereocenters. The number of hydrogen-bond donors (Lipinski definition) is 0. The molecule has 2 aromatic rings. The summed E-state index contributed by atoms with van der Waals surface area (Å²) in [6.45, 7) is 40.8. The van der Waals surface area contributed by atoms with E-state index in [-0.39, 0.29) is 59.8 Å². The third-order valence-corrected chi connectivity index (χ3v) is 13.4. The minimum atomic E-state index is -0.856. The number of ether oxygens (including phenoxy) is 4. The summed E-state index contributed by atoms with van der Waals surface area (Å²) in [5.74, 6) is -0.408. The van der Waals surface area contributed by atoms with Crippen molar-refractivity contribution in [2.75, 3.05) is 41.5 Å². The molecule has 0 aliphatic heterocycles. The quantitative estimate of drug-likeness (QED) is 0.0340. The Hall–Kier alpha value is -4.12. The number of nitrogens with zero attached hydrogens (tertiary/aromatic N) is 2. The fourth-order valence-electron chi connectivity index (χ4n) is 7.02. The lowest BCUT2D eigenvalue weighted by atomic mass is 9.85. The number of Topliss-reactive ketones (excluding diaryl/α,β-unsaturated/α-hetero) is 2. The number of halogens is 2. The van der Waals surface area contributed by atoms with Crippen LogP contribution in [0.5, 0.6) is 0 Å². The zero-order valence-electron chi connectivity index (χ0n) is 56.5. The molecule has 83 heavy (non-hydrogen) atoms. The first kappa shape index (κ1) is 90.1. The van der Waals surface area contributed by atoms with Crippen LogP contribution in [0.2, 0.25) is 0 Å². The topological polar surface area (TPSA) is 180 Å². The Kier molecular flexibility index (Phi) is 61.8. The van der Waals surface area contributed by atoms with Gasteiger partial charge in [-0.05, 0) is 122 Å². The Labute approximate surface area is 523 Å². The lowest BCUT2D eigenvalue weighted by Gasteiger charge is -2.29. The Morgan fingerprint density at radius 1 is 0.578 bits per heavy atom. The van der Waals surface area contributed by atoms with E-state index in [1.165, 1.54) is 48.2 Å². The van der Waals surface area contributed by atoms with Crippen LogP contribution in [0.1, 0.15) is 199 Å². The number of aryl methyl sites for hydroxylation is 2. The number of amides is 1. The van der Waals surface area contributed by atoms with Crippen LogP contribution in [0.15, 0.2) is 48.5 Å². The van der Waals surface area contributed by atoms with Crippen molar-refractivity contribution in [3.63, 3.8) is 0 Å². The number of hydrogen-bond acceptors (Lipinski definition) is 13. The van der Waals surface area contributed by atoms with Gasteiger partial charge in [-0.3, -0.25) is 28.9 Å². The molecule has 2 rings (SSSR count). The molecule has 0 saturated heterocycles. The Morgan fingerprint density at radius 3 is 1.28 bits per heavy atom. The SMILES string of the molecule is CC.CC.CC(=O)C(C)OC(=O)C(CC(C)C)N(C)C.CC(C)CC(C)C=O.CCCC(=O)C(C)OC(=O)C(CC(C)C)N(C)C(=O)COC(=O)C(CC(C)C)C(C)CC.COCC=O.Cc1ccc(CBr)cc1.Cc1ccc(CBr)cc1. The molecular formula is C67H118Br2N2O12. The minimum absolute atomic E-state index is 0.118. The van der Waals surface area contributed by atoms with Crippen molar-refractivity contribution in [3.05, 3.63) is 70.8 Å². The Balaban J connectivity index is -0.000000240. The minimum Gasteiger partial charge on any atom is -0.455 e. The first-order chi connectivity index (χ1) is 38.8. The standard InChI is InChI=1S/C25H45NO6.C12H23NO3.2C8H9Br.C7H14O.C3H6O2.2C2H6/c1-10-12-22(27)19(8)32-25(30)21(14-17(5)6)26(9)23(28)15-31-24(29)20(13-16(3)4)18(7)11-2;1-8(2)7-11(13(5)6)12(15)16-10(4)9(3)14;2*1-7-2-4-8(6-9)5-3-7;1-6(2)4-7(3)5-8;1-5-3-2-4;2*1-2/h16-21H,10-15H2,1-9H3;8,10-11H,7H2,1-6H3;2*2-5H,6H2,1H3;5-7H,4H2,1-3H3;2H,3H2,1H3;2*1-2H3. The molecule has 0 spiro atoms. The number of rotatable bonds is 28. The molecule has 0 heterocycles. The molecule has 0 aromatic heterocycles. The number of benzene rings is 2. The maximum Gasteiger partial charge on any atom is 0.329 e. The van der Waals surface area contributed by atoms with Crippen LogP contribution in [-0.4, -0.2) is 124 Å². The third-order valence-electron chi connectivity index (χ3n) is 12.1. The van der Waals surface area contributed by atoms with Crippen LogP contribution in [0, 0.1) is 55.3 Å². The summed E-state index contributed by atoms with van der Waals surface area (Å²) in [6.07, 6.45) is 4.90. The molecule has 0 N–H and O–H groups in total. The van der Waals surface area contributed by atoms with Crippen LogP contribution >= 0.6 is 31.9 Å². The average molecular weight is 1300 g/mol. The predicted molar refractivity (Wildman–Crippen MR) is 351 cm³/mol. The average Bonchev–Trinajstić information content (AvgIpc) is 3.44. The van der Waals surface area contributed by atoms with Gasteiger partial charge in [-0.25, -0.2) is 4.79 Å². The van der Waals surface area contributed by atoms with Gasteiger partial charge in [0, 0.05) is 37.2 Å². The van der Waals surface area contributed by atoms with Crippen molar-refractivity contribution in [3.8, 4) is 0 Å². The maximum atomic E-state index is 12.8. The fraction of sp³-hybridized carbons (Fsp3) is 0.701. The lowest BCUT2D eigenvalue weighted by molar-refractivity contribution is -0.165. The van der Waals surface area contributed by atoms with Crippen LogP contribution < -0.4 is 0 Å². The number of carbonyl (C=O) groups excluding carboxylic acids is 8. The summed E-state index contributed by atoms with van der Waals surface area (Å²) < 4.78 is 20.2. The summed E-state index contributed by atoms with van der Waals surface area (Å²) in [7, 11) is 6.66. The van der Waals surface area contributed by atoms with E-state index in [0.717, 1.165) is 36.2 Å². The van der Waals surface area contributed by atoms with Crippen LogP contribution in [-0.2, 0) is 68.0 Å². The van der Waals surface area contributed by atoms with Gasteiger partial charge in [-0.1, -0.05) is 209 Å². The number of esters is 3. The Bertz CT molecular complexity index is 1910. The number of ketones is 2. The molecule has 0 fully saturated rings. The molecule has 0 aliphatic carbocycles. The number of alkyl halides is 2. The van der Waals surface area contributed by atoms with Gasteiger partial charge in [0.25, 0.3) is 5.91 Å². The van der Waals surface area contributed by atoms with Gasteiger partial charge in [0.15, 0.2) is 30.4 Å². The summed E-state index contributed by atoms with van der Waals surface area (Å²) in [6, 6.07) is 15.9. The number of likely N-dealkylation sites (N-methyl/N-ethyl adjacent to an activating group) is 2. The summed E-state index contributed by atoms with van der Waals surface area (Å²) >= 11 is 6.76. The van der Waals surface area contributed by atoms with Gasteiger partial charge in [0.1, 0.15) is 31.3 Å². The highest BCUT2D eigenvalue weighted by molar-refractivity contribution is 9.08. The molecule has 7 atom stereocenters. The van der Waals surface area contributed by atoms with Crippen LogP contribution in [0.25, 0.3) is 0 Å². The molecule has 2 aromatic carbocycles. The van der Waals surface area contributed by atoms with E-state index >= 15 is 0 Å². The summed E-state index contributed by atoms with van der Waals surface area (Å²) in [5, 5.41) is 1.90. The normalized spacial score (nSPS) is 12.7. The fourth-order valence-corrected chi connectivity index (χ4v) is 7.77. The number of aldehydes is 2. The molecule has 0 radical (unpaired) electrons. The highest BCUT2D eigenvalue weighted by Crippen LogP contribution is 2.25. The highest BCUT2D eigenvalue weighted by Gasteiger charge is 2.33. The highest BCUT2D eigenvalue weighted by atomic mass is 79.9. The van der Waals surface area contributed by atoms with Gasteiger partial charge < -0.3 is 33.4 Å². The van der Waals surface area contributed by atoms with Crippen LogP contribution in [0.3, 0.4) is 0 Å². The number of methoxy groups -OCH3 is 1. The Morgan fingerprint density at radius 2 is 0.976 bits per heavy atom. The van der Waals surface area contributed by atoms with E-state index in [2.05, 4.69) is 141 Å². The van der Waals surface area contributed by atoms with Crippen molar-refractivity contribution in [1.82, 2.24) is 9.80 Å². The monoisotopic (exact) mass is 1300 g/mol. The predicted octanol–water partition coefficient (Wildman–Crippen LogP) is 15.4. The van der Waals surface area contributed by atoms with Gasteiger partial charge >= 0.3 is 17.9 Å².